The molecule has 14 heteroatoms. The number of ether oxygens (including phenoxy) is 3. The summed E-state index contributed by atoms with van der Waals surface area (Å²) in [5, 5.41) is 9.29. The molecule has 1 saturated heterocycles. The summed E-state index contributed by atoms with van der Waals surface area (Å²) in [7, 11) is 2.75. The highest BCUT2D eigenvalue weighted by Gasteiger charge is 2.56. The number of carboxylic acids is 1. The van der Waals surface area contributed by atoms with E-state index in [-0.39, 0.29) is 11.9 Å². The number of methoxy groups -OCH3 is 2. The van der Waals surface area contributed by atoms with Gasteiger partial charge in [-0.05, 0) is 91.2 Å². The minimum Gasteiger partial charge on any atom is -0.478 e. The van der Waals surface area contributed by atoms with Crippen molar-refractivity contribution in [1.29, 1.82) is 0 Å². The van der Waals surface area contributed by atoms with E-state index in [0.717, 1.165) is 30.1 Å². The first kappa shape index (κ1) is 44.2. The van der Waals surface area contributed by atoms with E-state index in [9.17, 15) is 19.2 Å². The average Bonchev–Trinajstić information content (AvgIpc) is 3.98. The molecule has 0 saturated carbocycles. The lowest BCUT2D eigenvalue weighted by Gasteiger charge is -2.08. The van der Waals surface area contributed by atoms with Crippen LogP contribution in [0.2, 0.25) is 0 Å². The van der Waals surface area contributed by atoms with Gasteiger partial charge in [0.15, 0.2) is 0 Å². The SMILES string of the molecule is COC(=O)c1cccc(Br)c1C.COC(=O)c1cccc(Br)c1CBr.Cc1c(Br)cccc1C(=O)O.O=C(OC1(c2ccccc2)OO1)c1ccccc1. The molecule has 0 amide bonds. The molecule has 54 heavy (non-hydrogen) atoms. The molecule has 0 spiro atoms. The van der Waals surface area contributed by atoms with Crippen LogP contribution < -0.4 is 0 Å². The van der Waals surface area contributed by atoms with Crippen LogP contribution in [0.4, 0.5) is 0 Å². The standard InChI is InChI=1S/C14H10O4.C9H8Br2O2.C9H9BrO2.C8H7BrO2/c15-13(11-7-3-1-4-8-11)16-14(17-18-14)12-9-5-2-6-10-12;1-13-9(12)6-3-2-4-8(11)7(6)5-10;1-6-7(9(11)12-2)4-3-5-8(6)10;1-5-6(8(10)11)3-2-4-7(5)9/h1-10H;2-4H,5H2,1H3;3-5H,1-2H3;2-4H,1H3,(H,10,11). The fourth-order valence-corrected chi connectivity index (χ4v) is 6.62. The summed E-state index contributed by atoms with van der Waals surface area (Å²) in [6, 6.07) is 33.7. The van der Waals surface area contributed by atoms with E-state index in [0.29, 0.717) is 33.1 Å². The van der Waals surface area contributed by atoms with Crippen LogP contribution in [0, 0.1) is 13.8 Å². The predicted molar refractivity (Wildman–Crippen MR) is 216 cm³/mol. The molecule has 1 aliphatic rings. The van der Waals surface area contributed by atoms with Crippen molar-refractivity contribution in [1.82, 2.24) is 0 Å². The number of esters is 3. The largest absolute Gasteiger partial charge is 0.478 e. The van der Waals surface area contributed by atoms with Gasteiger partial charge in [0.05, 0.1) is 42.0 Å². The molecule has 1 aliphatic heterocycles. The molecule has 0 radical (unpaired) electrons. The van der Waals surface area contributed by atoms with Crippen molar-refractivity contribution in [2.24, 2.45) is 0 Å². The molecule has 0 aliphatic carbocycles. The van der Waals surface area contributed by atoms with Crippen molar-refractivity contribution in [3.05, 3.63) is 173 Å². The predicted octanol–water partition coefficient (Wildman–Crippen LogP) is 10.7. The summed E-state index contributed by atoms with van der Waals surface area (Å²) < 4.78 is 17.2. The van der Waals surface area contributed by atoms with Crippen molar-refractivity contribution >= 4 is 87.6 Å². The van der Waals surface area contributed by atoms with Gasteiger partial charge in [0.1, 0.15) is 0 Å². The number of halogens is 4. The Kier molecular flexibility index (Phi) is 17.7. The van der Waals surface area contributed by atoms with Gasteiger partial charge in [-0.1, -0.05) is 118 Å². The van der Waals surface area contributed by atoms with Crippen LogP contribution in [0.15, 0.2) is 129 Å². The van der Waals surface area contributed by atoms with Crippen molar-refractivity contribution in [3.63, 3.8) is 0 Å². The smallest absolute Gasteiger partial charge is 0.412 e. The first-order valence-corrected chi connectivity index (χ1v) is 19.2. The van der Waals surface area contributed by atoms with Gasteiger partial charge in [-0.3, -0.25) is 0 Å². The lowest BCUT2D eigenvalue weighted by molar-refractivity contribution is -0.0279. The minimum atomic E-state index is -1.38. The zero-order chi connectivity index (χ0) is 39.8. The Labute approximate surface area is 346 Å². The second kappa shape index (κ2) is 21.6. The second-order valence-corrected chi connectivity index (χ2v) is 14.0. The Morgan fingerprint density at radius 3 is 1.50 bits per heavy atom. The van der Waals surface area contributed by atoms with Crippen molar-refractivity contribution in [2.45, 2.75) is 25.2 Å². The first-order chi connectivity index (χ1) is 25.8. The van der Waals surface area contributed by atoms with Gasteiger partial charge in [0.2, 0.25) is 0 Å². The van der Waals surface area contributed by atoms with E-state index in [2.05, 4.69) is 73.2 Å². The van der Waals surface area contributed by atoms with E-state index in [1.165, 1.54) is 14.2 Å². The van der Waals surface area contributed by atoms with E-state index in [4.69, 9.17) is 19.6 Å². The second-order valence-electron chi connectivity index (χ2n) is 10.9. The molecule has 1 N–H and O–H groups in total. The number of alkyl halides is 1. The van der Waals surface area contributed by atoms with Gasteiger partial charge in [0.25, 0.3) is 0 Å². The molecule has 0 bridgehead atoms. The highest BCUT2D eigenvalue weighted by atomic mass is 79.9. The molecular weight excluding hydrogens is 960 g/mol. The Balaban J connectivity index is 0.000000198. The van der Waals surface area contributed by atoms with Gasteiger partial charge < -0.3 is 19.3 Å². The van der Waals surface area contributed by atoms with Crippen molar-refractivity contribution in [2.75, 3.05) is 14.2 Å². The highest BCUT2D eigenvalue weighted by molar-refractivity contribution is 9.11. The summed E-state index contributed by atoms with van der Waals surface area (Å²) in [5.41, 5.74) is 5.22. The Morgan fingerprint density at radius 2 is 1.04 bits per heavy atom. The van der Waals surface area contributed by atoms with E-state index in [1.54, 1.807) is 67.6 Å². The van der Waals surface area contributed by atoms with Crippen LogP contribution in [0.3, 0.4) is 0 Å². The molecule has 0 unspecified atom stereocenters. The molecule has 1 fully saturated rings. The first-order valence-electron chi connectivity index (χ1n) is 15.7. The third-order valence-electron chi connectivity index (χ3n) is 7.43. The third-order valence-corrected chi connectivity index (χ3v) is 10.4. The van der Waals surface area contributed by atoms with Crippen molar-refractivity contribution < 1.29 is 48.3 Å². The topological polar surface area (TPSA) is 141 Å². The van der Waals surface area contributed by atoms with Crippen LogP contribution in [0.25, 0.3) is 0 Å². The summed E-state index contributed by atoms with van der Waals surface area (Å²) in [5.74, 6) is -3.36. The summed E-state index contributed by atoms with van der Waals surface area (Å²) in [6.07, 6.45) is 0. The quantitative estimate of drug-likeness (QED) is 0.0551. The van der Waals surface area contributed by atoms with Crippen molar-refractivity contribution in [3.8, 4) is 0 Å². The van der Waals surface area contributed by atoms with E-state index < -0.39 is 17.9 Å². The Hall–Kier alpha value is -4.18. The minimum absolute atomic E-state index is 0.297. The summed E-state index contributed by atoms with van der Waals surface area (Å²) in [6.45, 7) is 3.64. The lowest BCUT2D eigenvalue weighted by Crippen LogP contribution is -2.18. The molecular formula is C40H34Br4O10. The van der Waals surface area contributed by atoms with Crippen LogP contribution >= 0.6 is 63.7 Å². The zero-order valence-electron chi connectivity index (χ0n) is 29.3. The monoisotopic (exact) mass is 990 g/mol. The maximum Gasteiger partial charge on any atom is 0.412 e. The maximum absolute atomic E-state index is 11.9. The molecule has 6 rings (SSSR count). The van der Waals surface area contributed by atoms with Crippen LogP contribution in [0.1, 0.15) is 63.7 Å². The summed E-state index contributed by atoms with van der Waals surface area (Å²) >= 11 is 13.3. The number of carbonyl (C=O) groups is 4. The maximum atomic E-state index is 11.9. The van der Waals surface area contributed by atoms with Gasteiger partial charge in [-0.2, -0.15) is 0 Å². The van der Waals surface area contributed by atoms with Crippen LogP contribution in [0.5, 0.6) is 0 Å². The zero-order valence-corrected chi connectivity index (χ0v) is 35.7. The molecule has 0 aromatic heterocycles. The number of hydrogen-bond acceptors (Lipinski definition) is 9. The number of hydrogen-bond donors (Lipinski definition) is 1. The fraction of sp³-hybridized carbons (Fsp3) is 0.150. The van der Waals surface area contributed by atoms with E-state index in [1.807, 2.05) is 61.5 Å². The number of rotatable bonds is 7. The normalized spacial score (nSPS) is 11.8. The van der Waals surface area contributed by atoms with Gasteiger partial charge in [-0.25, -0.2) is 19.2 Å². The number of carboxylic acid groups (broad SMARTS) is 1. The van der Waals surface area contributed by atoms with E-state index >= 15 is 0 Å². The van der Waals surface area contributed by atoms with Crippen LogP contribution in [-0.2, 0) is 35.3 Å². The van der Waals surface area contributed by atoms with Gasteiger partial charge in [0, 0.05) is 18.7 Å². The third kappa shape index (κ3) is 12.4. The molecule has 282 valence electrons. The molecule has 1 heterocycles. The Bertz CT molecular complexity index is 2050. The molecule has 5 aromatic rings. The average molecular weight is 994 g/mol. The molecule has 10 nitrogen and oxygen atoms in total. The number of carbonyl (C=O) groups excluding carboxylic acids is 3. The van der Waals surface area contributed by atoms with Gasteiger partial charge >= 0.3 is 29.9 Å². The molecule has 5 aromatic carbocycles. The Morgan fingerprint density at radius 1 is 0.593 bits per heavy atom. The summed E-state index contributed by atoms with van der Waals surface area (Å²) in [4.78, 5) is 54.5. The molecule has 0 atom stereocenters. The van der Waals surface area contributed by atoms with Gasteiger partial charge in [-0.15, -0.1) is 9.78 Å². The highest BCUT2D eigenvalue weighted by Crippen LogP contribution is 2.42. The number of aromatic carboxylic acids is 1. The number of benzene rings is 5. The lowest BCUT2D eigenvalue weighted by atomic mass is 10.1. The fourth-order valence-electron chi connectivity index (χ4n) is 4.40. The van der Waals surface area contributed by atoms with Crippen LogP contribution in [-0.4, -0.2) is 43.2 Å².